The molecule has 0 N–H and O–H groups in total. The molecule has 0 fully saturated rings. The number of para-hydroxylation sites is 1. The fraction of sp³-hybridized carbons (Fsp3) is 0.0769. The number of fused-ring (bicyclic) bond motifs is 10. The number of nitrogens with zero attached hydrogens (tertiary/aromatic N) is 3. The summed E-state index contributed by atoms with van der Waals surface area (Å²) in [4.78, 5) is 11.5. The highest BCUT2D eigenvalue weighted by Crippen LogP contribution is 2.44. The van der Waals surface area contributed by atoms with Gasteiger partial charge in [0.1, 0.15) is 0 Å². The molecule has 0 saturated carbocycles. The number of amidine groups is 1. The molecule has 0 radical (unpaired) electrons. The van der Waals surface area contributed by atoms with Gasteiger partial charge in [0.15, 0.2) is 5.84 Å². The molecular formula is C52H35N3S2. The van der Waals surface area contributed by atoms with Crippen LogP contribution in [0.1, 0.15) is 42.0 Å². The minimum absolute atomic E-state index is 0.0472. The van der Waals surface area contributed by atoms with Crippen LogP contribution in [0.2, 0.25) is 0 Å². The molecule has 3 nitrogen and oxygen atoms in total. The normalized spacial score (nSPS) is 15.2. The molecule has 3 aromatic heterocycles. The highest BCUT2D eigenvalue weighted by Gasteiger charge is 2.25. The number of thiophene rings is 2. The summed E-state index contributed by atoms with van der Waals surface area (Å²) in [5.74, 6) is 0.785. The van der Waals surface area contributed by atoms with E-state index in [0.29, 0.717) is 0 Å². The fourth-order valence-electron chi connectivity index (χ4n) is 9.16. The van der Waals surface area contributed by atoms with Crippen LogP contribution in [-0.4, -0.2) is 16.1 Å². The Balaban J connectivity index is 1.19. The summed E-state index contributed by atoms with van der Waals surface area (Å²) in [6, 6.07) is 62.3. The summed E-state index contributed by atoms with van der Waals surface area (Å²) in [6.07, 6.45) is 2.81. The van der Waals surface area contributed by atoms with Crippen molar-refractivity contribution in [3.8, 4) is 5.69 Å². The molecule has 11 aromatic rings. The first kappa shape index (κ1) is 32.8. The third-order valence-corrected chi connectivity index (χ3v) is 14.1. The number of hydrogen-bond acceptors (Lipinski definition) is 4. The maximum absolute atomic E-state index is 5.80. The Hall–Kier alpha value is -6.40. The Labute approximate surface area is 337 Å². The topological polar surface area (TPSA) is 29.6 Å². The van der Waals surface area contributed by atoms with E-state index in [-0.39, 0.29) is 6.04 Å². The fourth-order valence-corrected chi connectivity index (χ4v) is 11.4. The largest absolute Gasteiger partial charge is 0.308 e. The van der Waals surface area contributed by atoms with Crippen LogP contribution in [0.25, 0.3) is 78.6 Å². The van der Waals surface area contributed by atoms with Gasteiger partial charge in [-0.25, -0.2) is 4.99 Å². The second-order valence-electron chi connectivity index (χ2n) is 15.1. The van der Waals surface area contributed by atoms with Crippen molar-refractivity contribution < 1.29 is 0 Å². The number of rotatable bonds is 4. The van der Waals surface area contributed by atoms with Gasteiger partial charge < -0.3 is 4.57 Å². The molecule has 57 heavy (non-hydrogen) atoms. The first-order valence-electron chi connectivity index (χ1n) is 19.7. The first-order valence-corrected chi connectivity index (χ1v) is 21.4. The summed E-state index contributed by atoms with van der Waals surface area (Å²) >= 11 is 3.72. The lowest BCUT2D eigenvalue weighted by molar-refractivity contribution is 0.622. The van der Waals surface area contributed by atoms with E-state index in [1.807, 2.05) is 22.7 Å². The zero-order valence-electron chi connectivity index (χ0n) is 31.0. The van der Waals surface area contributed by atoms with Crippen LogP contribution >= 0.6 is 22.7 Å². The monoisotopic (exact) mass is 765 g/mol. The summed E-state index contributed by atoms with van der Waals surface area (Å²) in [5.41, 5.74) is 8.03. The Morgan fingerprint density at radius 2 is 1.18 bits per heavy atom. The molecule has 5 heteroatoms. The molecule has 1 aliphatic rings. The highest BCUT2D eigenvalue weighted by atomic mass is 32.1. The number of benzene rings is 8. The molecule has 4 heterocycles. The van der Waals surface area contributed by atoms with E-state index in [1.54, 1.807) is 0 Å². The molecule has 1 unspecified atom stereocenters. The summed E-state index contributed by atoms with van der Waals surface area (Å²) < 4.78 is 7.69. The van der Waals surface area contributed by atoms with Gasteiger partial charge in [0.25, 0.3) is 0 Å². The third kappa shape index (κ3) is 5.30. The van der Waals surface area contributed by atoms with E-state index in [4.69, 9.17) is 9.98 Å². The molecule has 0 bridgehead atoms. The lowest BCUT2D eigenvalue weighted by Gasteiger charge is -2.21. The van der Waals surface area contributed by atoms with Gasteiger partial charge >= 0.3 is 0 Å². The predicted molar refractivity (Wildman–Crippen MR) is 247 cm³/mol. The molecular weight excluding hydrogens is 731 g/mol. The average molecular weight is 766 g/mol. The van der Waals surface area contributed by atoms with Gasteiger partial charge in [0.05, 0.1) is 28.5 Å². The van der Waals surface area contributed by atoms with Gasteiger partial charge in [0, 0.05) is 56.7 Å². The Morgan fingerprint density at radius 1 is 0.509 bits per heavy atom. The molecule has 8 aromatic carbocycles. The second kappa shape index (κ2) is 13.1. The first-order chi connectivity index (χ1) is 28.2. The van der Waals surface area contributed by atoms with Gasteiger partial charge in [-0.1, -0.05) is 115 Å². The van der Waals surface area contributed by atoms with Crippen molar-refractivity contribution in [2.45, 2.75) is 25.3 Å². The smallest absolute Gasteiger partial charge is 0.157 e. The van der Waals surface area contributed by atoms with Crippen LogP contribution in [0, 0.1) is 0 Å². The SMILES string of the molecule is c1ccc(C2=NC(c3ccc4sc5ccccc5c4c3-n3c4ccccc4c4cc5ccccc5cc43)=NC(c3ccc4sc5ccccc5c4c3)CCC2)cc1. The van der Waals surface area contributed by atoms with Crippen LogP contribution in [0.3, 0.4) is 0 Å². The van der Waals surface area contributed by atoms with Crippen LogP contribution in [0.5, 0.6) is 0 Å². The quantitative estimate of drug-likeness (QED) is 0.171. The zero-order chi connectivity index (χ0) is 37.5. The summed E-state index contributed by atoms with van der Waals surface area (Å²) in [7, 11) is 0. The van der Waals surface area contributed by atoms with E-state index in [9.17, 15) is 0 Å². The summed E-state index contributed by atoms with van der Waals surface area (Å²) in [5, 5.41) is 10.1. The van der Waals surface area contributed by atoms with Crippen molar-refractivity contribution in [2.24, 2.45) is 9.98 Å². The van der Waals surface area contributed by atoms with Gasteiger partial charge in [-0.05, 0) is 95.8 Å². The second-order valence-corrected chi connectivity index (χ2v) is 17.3. The van der Waals surface area contributed by atoms with Gasteiger partial charge in [-0.3, -0.25) is 4.99 Å². The minimum Gasteiger partial charge on any atom is -0.308 e. The van der Waals surface area contributed by atoms with Gasteiger partial charge in [0.2, 0.25) is 0 Å². The molecule has 12 rings (SSSR count). The Morgan fingerprint density at radius 3 is 2.04 bits per heavy atom. The van der Waals surface area contributed by atoms with Gasteiger partial charge in [-0.2, -0.15) is 0 Å². The van der Waals surface area contributed by atoms with Crippen LogP contribution in [-0.2, 0) is 0 Å². The van der Waals surface area contributed by atoms with Crippen molar-refractivity contribution >= 4 is 107 Å². The van der Waals surface area contributed by atoms with Crippen molar-refractivity contribution in [3.05, 3.63) is 187 Å². The van der Waals surface area contributed by atoms with Crippen molar-refractivity contribution in [1.29, 1.82) is 0 Å². The van der Waals surface area contributed by atoms with Crippen molar-refractivity contribution in [2.75, 3.05) is 0 Å². The molecule has 0 aliphatic carbocycles. The van der Waals surface area contributed by atoms with E-state index < -0.39 is 0 Å². The number of aromatic nitrogens is 1. The lowest BCUT2D eigenvalue weighted by Crippen LogP contribution is -2.15. The minimum atomic E-state index is -0.0472. The van der Waals surface area contributed by atoms with E-state index in [1.165, 1.54) is 78.5 Å². The molecule has 1 atom stereocenters. The maximum atomic E-state index is 5.80. The van der Waals surface area contributed by atoms with Crippen LogP contribution in [0.15, 0.2) is 180 Å². The van der Waals surface area contributed by atoms with Crippen molar-refractivity contribution in [3.63, 3.8) is 0 Å². The lowest BCUT2D eigenvalue weighted by atomic mass is 9.95. The zero-order valence-corrected chi connectivity index (χ0v) is 32.7. The average Bonchev–Trinajstić information content (AvgIpc) is 3.92. The summed E-state index contributed by atoms with van der Waals surface area (Å²) in [6.45, 7) is 0. The Bertz CT molecular complexity index is 3450. The van der Waals surface area contributed by atoms with Crippen LogP contribution in [0.4, 0.5) is 0 Å². The highest BCUT2D eigenvalue weighted by molar-refractivity contribution is 7.26. The standard InChI is InChI=1S/C52H35N3S2/c1-2-13-32(14-3-1)42-20-12-21-43(35-25-27-48-41(30-35)37-18-7-10-23-46(37)56-48)54-52(53-42)39-26-28-49-50(38-19-8-11-24-47(38)57-49)51(39)55-44-22-9-6-17-36(44)40-29-33-15-4-5-16-34(33)31-45(40)55/h1-11,13-19,22-31,43H,12,20-21H2. The molecule has 270 valence electrons. The van der Waals surface area contributed by atoms with Gasteiger partial charge in [-0.15, -0.1) is 22.7 Å². The number of aliphatic imine (C=N–C) groups is 2. The van der Waals surface area contributed by atoms with E-state index >= 15 is 0 Å². The van der Waals surface area contributed by atoms with Crippen LogP contribution < -0.4 is 0 Å². The predicted octanol–water partition coefficient (Wildman–Crippen LogP) is 14.8. The molecule has 0 saturated heterocycles. The van der Waals surface area contributed by atoms with Crippen molar-refractivity contribution in [1.82, 2.24) is 4.57 Å². The van der Waals surface area contributed by atoms with E-state index in [2.05, 4.69) is 174 Å². The third-order valence-electron chi connectivity index (χ3n) is 11.8. The maximum Gasteiger partial charge on any atom is 0.157 e. The molecule has 0 spiro atoms. The van der Waals surface area contributed by atoms with E-state index in [0.717, 1.165) is 47.6 Å². The molecule has 1 aliphatic heterocycles. The number of hydrogen-bond donors (Lipinski definition) is 0. The Kier molecular flexibility index (Phi) is 7.53. The molecule has 0 amide bonds.